The third-order valence-corrected chi connectivity index (χ3v) is 3.66. The molecule has 2 nitrogen and oxygen atoms in total. The van der Waals surface area contributed by atoms with Gasteiger partial charge in [-0.15, -0.1) is 0 Å². The molecule has 0 aliphatic carbocycles. The third-order valence-electron chi connectivity index (χ3n) is 3.66. The van der Waals surface area contributed by atoms with Gasteiger partial charge in [0.2, 0.25) is 0 Å². The fraction of sp³-hybridized carbons (Fsp3) is 0.444. The summed E-state index contributed by atoms with van der Waals surface area (Å²) in [5.74, 6) is 0.254. The molecule has 0 amide bonds. The molecule has 1 aromatic heterocycles. The summed E-state index contributed by atoms with van der Waals surface area (Å²) in [4.78, 5) is 16.6. The summed E-state index contributed by atoms with van der Waals surface area (Å²) in [6.07, 6.45) is 6.58. The first-order chi connectivity index (χ1) is 9.70. The van der Waals surface area contributed by atoms with Gasteiger partial charge in [-0.3, -0.25) is 9.78 Å². The van der Waals surface area contributed by atoms with Crippen molar-refractivity contribution < 1.29 is 4.79 Å². The summed E-state index contributed by atoms with van der Waals surface area (Å²) in [6, 6.07) is 9.85. The van der Waals surface area contributed by atoms with E-state index in [2.05, 4.69) is 11.9 Å². The van der Waals surface area contributed by atoms with Crippen LogP contribution in [-0.2, 0) is 0 Å². The fourth-order valence-corrected chi connectivity index (χ4v) is 2.43. The molecule has 0 fully saturated rings. The molecule has 0 bridgehead atoms. The first-order valence-corrected chi connectivity index (χ1v) is 7.61. The van der Waals surface area contributed by atoms with E-state index in [0.717, 1.165) is 35.0 Å². The largest absolute Gasteiger partial charge is 0.294 e. The summed E-state index contributed by atoms with van der Waals surface area (Å²) in [5.41, 5.74) is 2.79. The number of ketones is 1. The minimum Gasteiger partial charge on any atom is -0.294 e. The van der Waals surface area contributed by atoms with E-state index in [1.165, 1.54) is 19.3 Å². The van der Waals surface area contributed by atoms with Crippen LogP contribution in [0.5, 0.6) is 0 Å². The number of benzene rings is 1. The number of nitrogens with zero attached hydrogens (tertiary/aromatic N) is 1. The van der Waals surface area contributed by atoms with Crippen molar-refractivity contribution in [2.24, 2.45) is 0 Å². The Morgan fingerprint density at radius 3 is 2.65 bits per heavy atom. The standard InChI is InChI=1S/C18H23NO/c1-3-4-5-6-7-8-18(20)16-11-12-17-15(13-16)10-9-14(2)19-17/h9-13H,3-8H2,1-2H3. The maximum absolute atomic E-state index is 12.2. The van der Waals surface area contributed by atoms with Crippen molar-refractivity contribution in [3.05, 3.63) is 41.6 Å². The fourth-order valence-electron chi connectivity index (χ4n) is 2.43. The molecule has 0 saturated heterocycles. The summed E-state index contributed by atoms with van der Waals surface area (Å²) in [6.45, 7) is 4.19. The Morgan fingerprint density at radius 1 is 1.05 bits per heavy atom. The number of aryl methyl sites for hydroxylation is 1. The van der Waals surface area contributed by atoms with Crippen LogP contribution in [-0.4, -0.2) is 10.8 Å². The topological polar surface area (TPSA) is 30.0 Å². The lowest BCUT2D eigenvalue weighted by molar-refractivity contribution is 0.0979. The summed E-state index contributed by atoms with van der Waals surface area (Å²) in [7, 11) is 0. The molecule has 0 unspecified atom stereocenters. The predicted octanol–water partition coefficient (Wildman–Crippen LogP) is 5.09. The number of pyridine rings is 1. The Morgan fingerprint density at radius 2 is 1.85 bits per heavy atom. The highest BCUT2D eigenvalue weighted by atomic mass is 16.1. The number of hydrogen-bond acceptors (Lipinski definition) is 2. The lowest BCUT2D eigenvalue weighted by Gasteiger charge is -2.04. The average molecular weight is 269 g/mol. The van der Waals surface area contributed by atoms with Crippen LogP contribution < -0.4 is 0 Å². The van der Waals surface area contributed by atoms with Gasteiger partial charge in [0.1, 0.15) is 0 Å². The van der Waals surface area contributed by atoms with Crippen LogP contribution in [0.1, 0.15) is 61.5 Å². The molecule has 20 heavy (non-hydrogen) atoms. The molecule has 1 aromatic carbocycles. The number of rotatable bonds is 7. The van der Waals surface area contributed by atoms with E-state index in [0.29, 0.717) is 6.42 Å². The van der Waals surface area contributed by atoms with Crippen molar-refractivity contribution in [2.75, 3.05) is 0 Å². The number of hydrogen-bond donors (Lipinski definition) is 0. The molecule has 2 rings (SSSR count). The van der Waals surface area contributed by atoms with E-state index in [9.17, 15) is 4.79 Å². The van der Waals surface area contributed by atoms with Gasteiger partial charge in [-0.25, -0.2) is 0 Å². The van der Waals surface area contributed by atoms with E-state index in [-0.39, 0.29) is 5.78 Å². The lowest BCUT2D eigenvalue weighted by atomic mass is 10.0. The maximum Gasteiger partial charge on any atom is 0.162 e. The molecule has 0 radical (unpaired) electrons. The summed E-state index contributed by atoms with van der Waals surface area (Å²) >= 11 is 0. The molecular formula is C18H23NO. The minimum absolute atomic E-state index is 0.254. The molecule has 0 aliphatic heterocycles. The molecular weight excluding hydrogens is 246 g/mol. The summed E-state index contributed by atoms with van der Waals surface area (Å²) < 4.78 is 0. The van der Waals surface area contributed by atoms with Crippen molar-refractivity contribution in [2.45, 2.75) is 52.4 Å². The number of fused-ring (bicyclic) bond motifs is 1. The van der Waals surface area contributed by atoms with Gasteiger partial charge in [0.15, 0.2) is 5.78 Å². The zero-order valence-corrected chi connectivity index (χ0v) is 12.5. The van der Waals surface area contributed by atoms with E-state index in [4.69, 9.17) is 0 Å². The number of aromatic nitrogens is 1. The Labute approximate surface area is 121 Å². The molecule has 1 heterocycles. The van der Waals surface area contributed by atoms with Crippen LogP contribution in [0, 0.1) is 6.92 Å². The van der Waals surface area contributed by atoms with E-state index >= 15 is 0 Å². The Bertz CT molecular complexity index is 589. The normalized spacial score (nSPS) is 10.9. The smallest absolute Gasteiger partial charge is 0.162 e. The molecule has 106 valence electrons. The van der Waals surface area contributed by atoms with Gasteiger partial charge in [-0.05, 0) is 37.6 Å². The third kappa shape index (κ3) is 3.89. The van der Waals surface area contributed by atoms with Gasteiger partial charge in [-0.1, -0.05) is 38.7 Å². The quantitative estimate of drug-likeness (QED) is 0.518. The van der Waals surface area contributed by atoms with Gasteiger partial charge in [-0.2, -0.15) is 0 Å². The van der Waals surface area contributed by atoms with Gasteiger partial charge in [0.05, 0.1) is 5.52 Å². The van der Waals surface area contributed by atoms with Crippen molar-refractivity contribution in [1.82, 2.24) is 4.98 Å². The predicted molar refractivity (Wildman–Crippen MR) is 84.2 cm³/mol. The van der Waals surface area contributed by atoms with Crippen LogP contribution >= 0.6 is 0 Å². The van der Waals surface area contributed by atoms with Crippen molar-refractivity contribution in [1.29, 1.82) is 0 Å². The van der Waals surface area contributed by atoms with Crippen molar-refractivity contribution in [3.8, 4) is 0 Å². The van der Waals surface area contributed by atoms with E-state index < -0.39 is 0 Å². The second-order valence-corrected chi connectivity index (χ2v) is 5.45. The molecule has 0 N–H and O–H groups in total. The number of Topliss-reactive ketones (excluding diaryl/α,β-unsaturated/α-hetero) is 1. The van der Waals surface area contributed by atoms with E-state index in [1.54, 1.807) is 0 Å². The Balaban J connectivity index is 1.98. The number of carbonyl (C=O) groups excluding carboxylic acids is 1. The van der Waals surface area contributed by atoms with Crippen LogP contribution in [0.4, 0.5) is 0 Å². The van der Waals surface area contributed by atoms with Crippen molar-refractivity contribution >= 4 is 16.7 Å². The maximum atomic E-state index is 12.2. The molecule has 2 aromatic rings. The van der Waals surface area contributed by atoms with Gasteiger partial charge in [0.25, 0.3) is 0 Å². The Hall–Kier alpha value is -1.70. The lowest BCUT2D eigenvalue weighted by Crippen LogP contribution is -1.99. The number of carbonyl (C=O) groups is 1. The van der Waals surface area contributed by atoms with Gasteiger partial charge >= 0.3 is 0 Å². The SMILES string of the molecule is CCCCCCCC(=O)c1ccc2nc(C)ccc2c1. The van der Waals surface area contributed by atoms with E-state index in [1.807, 2.05) is 37.3 Å². The zero-order chi connectivity index (χ0) is 14.4. The van der Waals surface area contributed by atoms with Gasteiger partial charge in [0, 0.05) is 23.1 Å². The first-order valence-electron chi connectivity index (χ1n) is 7.61. The molecule has 0 saturated carbocycles. The van der Waals surface area contributed by atoms with Gasteiger partial charge < -0.3 is 0 Å². The highest BCUT2D eigenvalue weighted by Crippen LogP contribution is 2.17. The zero-order valence-electron chi connectivity index (χ0n) is 12.5. The number of unbranched alkanes of at least 4 members (excludes halogenated alkanes) is 4. The summed E-state index contributed by atoms with van der Waals surface area (Å²) in [5, 5.41) is 1.05. The first kappa shape index (κ1) is 14.7. The van der Waals surface area contributed by atoms with Crippen LogP contribution in [0.3, 0.4) is 0 Å². The van der Waals surface area contributed by atoms with Crippen LogP contribution in [0.25, 0.3) is 10.9 Å². The van der Waals surface area contributed by atoms with Crippen molar-refractivity contribution in [3.63, 3.8) is 0 Å². The molecule has 0 spiro atoms. The highest BCUT2D eigenvalue weighted by molar-refractivity contribution is 5.99. The highest BCUT2D eigenvalue weighted by Gasteiger charge is 2.07. The van der Waals surface area contributed by atoms with Crippen LogP contribution in [0.15, 0.2) is 30.3 Å². The average Bonchev–Trinajstić information content (AvgIpc) is 2.46. The monoisotopic (exact) mass is 269 g/mol. The molecule has 2 heteroatoms. The second kappa shape index (κ2) is 7.18. The molecule has 0 atom stereocenters. The minimum atomic E-state index is 0.254. The Kier molecular flexibility index (Phi) is 5.28. The molecule has 0 aliphatic rings. The second-order valence-electron chi connectivity index (χ2n) is 5.45. The van der Waals surface area contributed by atoms with Crippen LogP contribution in [0.2, 0.25) is 0 Å².